The van der Waals surface area contributed by atoms with Crippen LogP contribution in [0.15, 0.2) is 48.5 Å². The topological polar surface area (TPSA) is 105 Å². The minimum absolute atomic E-state index is 0.00749. The number of hydrogen-bond acceptors (Lipinski definition) is 5. The monoisotopic (exact) mass is 482 g/mol. The average Bonchev–Trinajstić information content (AvgIpc) is 3.16. The van der Waals surface area contributed by atoms with E-state index >= 15 is 0 Å². The first-order chi connectivity index (χ1) is 16.8. The number of aliphatic carboxylic acids is 1. The highest BCUT2D eigenvalue weighted by Gasteiger charge is 2.29. The fourth-order valence-corrected chi connectivity index (χ4v) is 4.47. The zero-order chi connectivity index (χ0) is 25.4. The Morgan fingerprint density at radius 1 is 1.03 bits per heavy atom. The Labute approximate surface area is 206 Å². The van der Waals surface area contributed by atoms with Crippen molar-refractivity contribution in [3.8, 4) is 11.1 Å². The Balaban J connectivity index is 1.50. The number of ether oxygens (including phenoxy) is 2. The molecule has 0 heterocycles. The first-order valence-corrected chi connectivity index (χ1v) is 11.9. The summed E-state index contributed by atoms with van der Waals surface area (Å²) in [5, 5.41) is 11.5. The smallest absolute Gasteiger partial charge is 0.407 e. The second-order valence-corrected chi connectivity index (χ2v) is 8.95. The standard InChI is InChI=1S/C27H34N2O6/c1-18(2)29(14-8-13-26(31)32)25(30)15-19(34-3)16-28-27(33)35-17-24-22-11-6-4-9-20(22)21-10-5-7-12-23(21)24/h4-7,9-12,18-19,24H,8,13-17H2,1-3H3,(H,28,33)(H,31,32). The van der Waals surface area contributed by atoms with Gasteiger partial charge in [-0.2, -0.15) is 0 Å². The molecule has 2 aromatic rings. The Bertz CT molecular complexity index is 992. The molecule has 35 heavy (non-hydrogen) atoms. The normalized spacial score (nSPS) is 13.1. The fraction of sp³-hybridized carbons (Fsp3) is 0.444. The molecule has 0 fully saturated rings. The van der Waals surface area contributed by atoms with Crippen molar-refractivity contribution in [2.75, 3.05) is 26.8 Å². The third-order valence-corrected chi connectivity index (χ3v) is 6.29. The molecular weight excluding hydrogens is 448 g/mol. The van der Waals surface area contributed by atoms with Gasteiger partial charge in [-0.05, 0) is 42.5 Å². The van der Waals surface area contributed by atoms with Crippen molar-refractivity contribution in [2.24, 2.45) is 0 Å². The molecule has 0 bridgehead atoms. The molecule has 2 aromatic carbocycles. The molecule has 1 aliphatic rings. The van der Waals surface area contributed by atoms with Gasteiger partial charge >= 0.3 is 12.1 Å². The van der Waals surface area contributed by atoms with Crippen molar-refractivity contribution < 1.29 is 29.0 Å². The number of carboxylic acids is 1. The lowest BCUT2D eigenvalue weighted by atomic mass is 9.98. The van der Waals surface area contributed by atoms with Crippen LogP contribution < -0.4 is 5.32 Å². The van der Waals surface area contributed by atoms with Crippen LogP contribution >= 0.6 is 0 Å². The molecule has 8 nitrogen and oxygen atoms in total. The molecule has 0 aromatic heterocycles. The number of rotatable bonds is 12. The predicted molar refractivity (Wildman–Crippen MR) is 132 cm³/mol. The van der Waals surface area contributed by atoms with Crippen molar-refractivity contribution in [1.82, 2.24) is 10.2 Å². The maximum absolute atomic E-state index is 12.8. The van der Waals surface area contributed by atoms with Gasteiger partial charge in [-0.25, -0.2) is 4.79 Å². The molecule has 0 radical (unpaired) electrons. The third-order valence-electron chi connectivity index (χ3n) is 6.29. The molecule has 2 N–H and O–H groups in total. The zero-order valence-electron chi connectivity index (χ0n) is 20.5. The van der Waals surface area contributed by atoms with Crippen molar-refractivity contribution in [2.45, 2.75) is 51.2 Å². The molecule has 1 unspecified atom stereocenters. The molecule has 0 aliphatic heterocycles. The number of hydrogen-bond donors (Lipinski definition) is 2. The maximum Gasteiger partial charge on any atom is 0.407 e. The van der Waals surface area contributed by atoms with E-state index in [4.69, 9.17) is 14.6 Å². The molecule has 8 heteroatoms. The molecule has 0 spiro atoms. The van der Waals surface area contributed by atoms with Crippen LogP contribution in [0.5, 0.6) is 0 Å². The minimum atomic E-state index is -0.886. The second kappa shape index (κ2) is 12.4. The van der Waals surface area contributed by atoms with Gasteiger partial charge in [0, 0.05) is 38.6 Å². The number of carbonyl (C=O) groups excluding carboxylic acids is 2. The van der Waals surface area contributed by atoms with Gasteiger partial charge < -0.3 is 24.8 Å². The largest absolute Gasteiger partial charge is 0.481 e. The number of nitrogens with one attached hydrogen (secondary N) is 1. The number of carbonyl (C=O) groups is 3. The lowest BCUT2D eigenvalue weighted by Gasteiger charge is -2.28. The van der Waals surface area contributed by atoms with Crippen LogP contribution in [0.2, 0.25) is 0 Å². The van der Waals surface area contributed by atoms with E-state index in [1.165, 1.54) is 7.11 Å². The van der Waals surface area contributed by atoms with E-state index < -0.39 is 18.2 Å². The first kappa shape index (κ1) is 26.2. The number of methoxy groups -OCH3 is 1. The van der Waals surface area contributed by atoms with Crippen molar-refractivity contribution in [1.29, 1.82) is 0 Å². The van der Waals surface area contributed by atoms with Gasteiger partial charge in [-0.1, -0.05) is 48.5 Å². The first-order valence-electron chi connectivity index (χ1n) is 11.9. The van der Waals surface area contributed by atoms with Gasteiger partial charge in [-0.3, -0.25) is 9.59 Å². The number of amides is 2. The molecule has 0 saturated carbocycles. The van der Waals surface area contributed by atoms with Crippen LogP contribution in [0.4, 0.5) is 4.79 Å². The summed E-state index contributed by atoms with van der Waals surface area (Å²) in [7, 11) is 1.49. The summed E-state index contributed by atoms with van der Waals surface area (Å²) >= 11 is 0. The Kier molecular flexibility index (Phi) is 9.25. The van der Waals surface area contributed by atoms with Crippen molar-refractivity contribution in [3.63, 3.8) is 0 Å². The van der Waals surface area contributed by atoms with Crippen LogP contribution in [0, 0.1) is 0 Å². The van der Waals surface area contributed by atoms with Gasteiger partial charge in [0.25, 0.3) is 0 Å². The lowest BCUT2D eigenvalue weighted by Crippen LogP contribution is -2.42. The molecular formula is C27H34N2O6. The second-order valence-electron chi connectivity index (χ2n) is 8.95. The fourth-order valence-electron chi connectivity index (χ4n) is 4.47. The Morgan fingerprint density at radius 2 is 1.63 bits per heavy atom. The van der Waals surface area contributed by atoms with E-state index in [-0.39, 0.29) is 43.9 Å². The maximum atomic E-state index is 12.8. The molecule has 2 amide bonds. The number of benzene rings is 2. The van der Waals surface area contributed by atoms with Gasteiger partial charge in [0.2, 0.25) is 5.91 Å². The number of nitrogens with zero attached hydrogens (tertiary/aromatic N) is 1. The summed E-state index contributed by atoms with van der Waals surface area (Å²) < 4.78 is 10.9. The molecule has 0 saturated heterocycles. The van der Waals surface area contributed by atoms with E-state index in [0.29, 0.717) is 13.0 Å². The van der Waals surface area contributed by atoms with Crippen molar-refractivity contribution in [3.05, 3.63) is 59.7 Å². The van der Waals surface area contributed by atoms with E-state index in [1.807, 2.05) is 38.1 Å². The van der Waals surface area contributed by atoms with Gasteiger partial charge in [0.05, 0.1) is 12.5 Å². The lowest BCUT2D eigenvalue weighted by molar-refractivity contribution is -0.139. The number of alkyl carbamates (subject to hydrolysis) is 1. The summed E-state index contributed by atoms with van der Waals surface area (Å²) in [6.45, 7) is 4.46. The average molecular weight is 483 g/mol. The van der Waals surface area contributed by atoms with Crippen molar-refractivity contribution >= 4 is 18.0 Å². The highest BCUT2D eigenvalue weighted by Crippen LogP contribution is 2.44. The minimum Gasteiger partial charge on any atom is -0.481 e. The van der Waals surface area contributed by atoms with Crippen LogP contribution in [0.1, 0.15) is 50.2 Å². The molecule has 3 rings (SSSR count). The SMILES string of the molecule is COC(CNC(=O)OCC1c2ccccc2-c2ccccc21)CC(=O)N(CCCC(=O)O)C(C)C. The Hall–Kier alpha value is -3.39. The van der Waals surface area contributed by atoms with Crippen LogP contribution in [-0.4, -0.2) is 66.9 Å². The van der Waals surface area contributed by atoms with E-state index in [0.717, 1.165) is 22.3 Å². The predicted octanol–water partition coefficient (Wildman–Crippen LogP) is 4.03. The third kappa shape index (κ3) is 6.82. The highest BCUT2D eigenvalue weighted by molar-refractivity contribution is 5.79. The van der Waals surface area contributed by atoms with E-state index in [1.54, 1.807) is 4.90 Å². The summed E-state index contributed by atoms with van der Waals surface area (Å²) in [5.74, 6) is -1.06. The van der Waals surface area contributed by atoms with Gasteiger partial charge in [0.1, 0.15) is 6.61 Å². The molecule has 1 atom stereocenters. The summed E-state index contributed by atoms with van der Waals surface area (Å²) in [6.07, 6.45) is -0.624. The van der Waals surface area contributed by atoms with Gasteiger partial charge in [-0.15, -0.1) is 0 Å². The molecule has 1 aliphatic carbocycles. The summed E-state index contributed by atoms with van der Waals surface area (Å²) in [4.78, 5) is 37.6. The highest BCUT2D eigenvalue weighted by atomic mass is 16.5. The van der Waals surface area contributed by atoms with Crippen LogP contribution in [0.25, 0.3) is 11.1 Å². The van der Waals surface area contributed by atoms with E-state index in [2.05, 4.69) is 29.6 Å². The van der Waals surface area contributed by atoms with Gasteiger partial charge in [0.15, 0.2) is 0 Å². The van der Waals surface area contributed by atoms with Crippen LogP contribution in [-0.2, 0) is 19.1 Å². The van der Waals surface area contributed by atoms with E-state index in [9.17, 15) is 14.4 Å². The molecule has 188 valence electrons. The quantitative estimate of drug-likeness (QED) is 0.473. The number of carboxylic acid groups (broad SMARTS) is 1. The number of fused-ring (bicyclic) bond motifs is 3. The van der Waals surface area contributed by atoms with Crippen LogP contribution in [0.3, 0.4) is 0 Å². The summed E-state index contributed by atoms with van der Waals surface area (Å²) in [6, 6.07) is 16.2. The Morgan fingerprint density at radius 3 is 2.17 bits per heavy atom. The zero-order valence-corrected chi connectivity index (χ0v) is 20.5. The summed E-state index contributed by atoms with van der Waals surface area (Å²) in [5.41, 5.74) is 4.60.